The van der Waals surface area contributed by atoms with Crippen LogP contribution in [-0.4, -0.2) is 15.1 Å². The first-order chi connectivity index (χ1) is 6.31. The average Bonchev–Trinajstić information content (AvgIpc) is 2.61. The molecule has 70 valence electrons. The Balaban J connectivity index is 0.000000243. The first-order valence-corrected chi connectivity index (χ1v) is 3.26. The van der Waals surface area contributed by atoms with Gasteiger partial charge in [-0.15, -0.1) is 0 Å². The van der Waals surface area contributed by atoms with Crippen LogP contribution in [0.2, 0.25) is 0 Å². The lowest BCUT2D eigenvalue weighted by Crippen LogP contribution is -2.00. The summed E-state index contributed by atoms with van der Waals surface area (Å²) in [6.45, 7) is 6.21. The first-order valence-electron chi connectivity index (χ1n) is 3.26. The Morgan fingerprint density at radius 1 is 1.38 bits per heavy atom. The Labute approximate surface area is 75.0 Å². The molecule has 0 saturated heterocycles. The number of nitrogens with zero attached hydrogens (tertiary/aromatic N) is 2. The van der Waals surface area contributed by atoms with Crippen molar-refractivity contribution in [1.29, 1.82) is 0 Å². The molecule has 1 heterocycles. The molecule has 0 aliphatic heterocycles. The number of hydrogen-bond donors (Lipinski definition) is 1. The van der Waals surface area contributed by atoms with Crippen LogP contribution in [-0.2, 0) is 9.68 Å². The molecule has 0 unspecified atom stereocenters. The van der Waals surface area contributed by atoms with Crippen molar-refractivity contribution in [2.45, 2.75) is 0 Å². The van der Waals surface area contributed by atoms with Crippen LogP contribution in [0.25, 0.3) is 0 Å². The highest BCUT2D eigenvalue weighted by molar-refractivity contribution is 4.64. The summed E-state index contributed by atoms with van der Waals surface area (Å²) in [5, 5.41) is -0.125. The second kappa shape index (κ2) is 7.99. The fourth-order valence-corrected chi connectivity index (χ4v) is 0.362. The van der Waals surface area contributed by atoms with Crippen molar-refractivity contribution in [2.75, 3.05) is 0 Å². The van der Waals surface area contributed by atoms with E-state index in [1.165, 1.54) is 0 Å². The molecule has 13 heavy (non-hydrogen) atoms. The highest BCUT2D eigenvalue weighted by Gasteiger charge is 2.03. The molecule has 1 aromatic heterocycles. The molecule has 0 amide bonds. The molecule has 0 bridgehead atoms. The Morgan fingerprint density at radius 2 is 2.00 bits per heavy atom. The van der Waals surface area contributed by atoms with E-state index < -0.39 is 0 Å². The third-order valence-electron chi connectivity index (χ3n) is 0.727. The molecule has 0 aliphatic carbocycles. The molecule has 6 heteroatoms. The van der Waals surface area contributed by atoms with Gasteiger partial charge in [-0.25, -0.2) is 4.98 Å². The zero-order valence-electron chi connectivity index (χ0n) is 6.92. The quantitative estimate of drug-likeness (QED) is 0.566. The second-order valence-corrected chi connectivity index (χ2v) is 1.53. The molecule has 0 aliphatic rings. The van der Waals surface area contributed by atoms with Gasteiger partial charge in [0, 0.05) is 12.4 Å². The topological polar surface area (TPSA) is 67.2 Å². The minimum absolute atomic E-state index is 0.125. The molecule has 0 atom stereocenters. The molecule has 0 aromatic carbocycles. The van der Waals surface area contributed by atoms with Crippen LogP contribution < -0.4 is 0 Å². The molecular formula is C7H10N3O3+. The largest absolute Gasteiger partial charge is 0.487 e. The van der Waals surface area contributed by atoms with Gasteiger partial charge in [-0.1, -0.05) is 13.2 Å². The number of aromatic nitrogens is 2. The summed E-state index contributed by atoms with van der Waals surface area (Å²) >= 11 is 0. The Kier molecular flexibility index (Phi) is 6.69. The van der Waals surface area contributed by atoms with Gasteiger partial charge < -0.3 is 4.98 Å². The lowest BCUT2D eigenvalue weighted by molar-refractivity contribution is -0.957. The van der Waals surface area contributed by atoms with E-state index in [2.05, 4.69) is 32.8 Å². The number of aromatic amines is 1. The minimum atomic E-state index is -0.125. The van der Waals surface area contributed by atoms with Gasteiger partial charge in [0.05, 0.1) is 6.33 Å². The van der Waals surface area contributed by atoms with Gasteiger partial charge >= 0.3 is 5.09 Å². The van der Waals surface area contributed by atoms with E-state index in [-0.39, 0.29) is 5.09 Å². The highest BCUT2D eigenvalue weighted by Crippen LogP contribution is 1.78. The van der Waals surface area contributed by atoms with Crippen molar-refractivity contribution < 1.29 is 14.8 Å². The van der Waals surface area contributed by atoms with E-state index in [9.17, 15) is 4.91 Å². The Bertz CT molecular complexity index is 216. The molecule has 1 aromatic rings. The summed E-state index contributed by atoms with van der Waals surface area (Å²) in [4.78, 5) is 24.5. The number of hydrogen-bond acceptors (Lipinski definition) is 4. The summed E-state index contributed by atoms with van der Waals surface area (Å²) in [7, 11) is 0. The van der Waals surface area contributed by atoms with E-state index in [4.69, 9.17) is 0 Å². The van der Waals surface area contributed by atoms with Gasteiger partial charge in [-0.2, -0.15) is 9.68 Å². The smallest absolute Gasteiger partial charge is 0.351 e. The molecular weight excluding hydrogens is 174 g/mol. The molecule has 0 radical (unpaired) electrons. The molecule has 0 fully saturated rings. The standard InChI is InChI=1S/C4H6NO3.C3H4N2/c1-3-7-5(6)8-4-2;1-2-5-3-4-1/h3-4H,1-2H2;1-3H,(H,4,5)/q+1;. The van der Waals surface area contributed by atoms with E-state index in [0.29, 0.717) is 0 Å². The fourth-order valence-electron chi connectivity index (χ4n) is 0.362. The van der Waals surface area contributed by atoms with E-state index in [1.807, 2.05) is 0 Å². The van der Waals surface area contributed by atoms with Crippen LogP contribution in [0.5, 0.6) is 0 Å². The predicted molar refractivity (Wildman–Crippen MR) is 44.8 cm³/mol. The summed E-state index contributed by atoms with van der Waals surface area (Å²) in [6, 6.07) is 0. The van der Waals surface area contributed by atoms with Crippen molar-refractivity contribution in [2.24, 2.45) is 0 Å². The van der Waals surface area contributed by atoms with Crippen LogP contribution in [0.15, 0.2) is 44.4 Å². The van der Waals surface area contributed by atoms with Crippen molar-refractivity contribution in [1.82, 2.24) is 9.97 Å². The third-order valence-corrected chi connectivity index (χ3v) is 0.727. The third kappa shape index (κ3) is 7.79. The van der Waals surface area contributed by atoms with Gasteiger partial charge in [0.25, 0.3) is 0 Å². The first kappa shape index (κ1) is 10.9. The van der Waals surface area contributed by atoms with Crippen LogP contribution >= 0.6 is 0 Å². The average molecular weight is 184 g/mol. The van der Waals surface area contributed by atoms with Gasteiger partial charge in [-0.05, 0) is 0 Å². The van der Waals surface area contributed by atoms with Gasteiger partial charge in [0.2, 0.25) is 0 Å². The molecule has 1 N–H and O–H groups in total. The SMILES string of the molecule is C=CO[N+](=O)OC=C.c1c[nH]cn1. The normalized spacial score (nSPS) is 7.38. The second-order valence-electron chi connectivity index (χ2n) is 1.53. The van der Waals surface area contributed by atoms with Gasteiger partial charge in [0.1, 0.15) is 4.91 Å². The molecule has 6 nitrogen and oxygen atoms in total. The molecule has 0 saturated carbocycles. The van der Waals surface area contributed by atoms with Crippen molar-refractivity contribution >= 4 is 0 Å². The summed E-state index contributed by atoms with van der Waals surface area (Å²) in [5.74, 6) is 0. The summed E-state index contributed by atoms with van der Waals surface area (Å²) < 4.78 is 0. The van der Waals surface area contributed by atoms with Gasteiger partial charge in [-0.3, -0.25) is 0 Å². The van der Waals surface area contributed by atoms with Crippen LogP contribution in [0.3, 0.4) is 0 Å². The number of nitrogens with one attached hydrogen (secondary N) is 1. The summed E-state index contributed by atoms with van der Waals surface area (Å²) in [5.41, 5.74) is 0. The maximum Gasteiger partial charge on any atom is 0.487 e. The fraction of sp³-hybridized carbons (Fsp3) is 0. The zero-order chi connectivity index (χ0) is 9.94. The maximum absolute atomic E-state index is 9.97. The number of H-pyrrole nitrogens is 1. The van der Waals surface area contributed by atoms with Crippen molar-refractivity contribution in [3.63, 3.8) is 0 Å². The number of rotatable bonds is 4. The lowest BCUT2D eigenvalue weighted by Gasteiger charge is -1.76. The summed E-state index contributed by atoms with van der Waals surface area (Å²) in [6.07, 6.45) is 6.97. The van der Waals surface area contributed by atoms with E-state index in [0.717, 1.165) is 12.5 Å². The predicted octanol–water partition coefficient (Wildman–Crippen LogP) is 1.33. The molecule has 1 rings (SSSR count). The Hall–Kier alpha value is -2.11. The van der Waals surface area contributed by atoms with E-state index >= 15 is 0 Å². The molecule has 0 spiro atoms. The van der Waals surface area contributed by atoms with Crippen LogP contribution in [0.4, 0.5) is 0 Å². The highest BCUT2D eigenvalue weighted by atomic mass is 17.0. The monoisotopic (exact) mass is 184 g/mol. The number of imidazole rings is 1. The van der Waals surface area contributed by atoms with Crippen molar-refractivity contribution in [3.8, 4) is 0 Å². The maximum atomic E-state index is 9.97. The van der Waals surface area contributed by atoms with Crippen molar-refractivity contribution in [3.05, 3.63) is 49.3 Å². The minimum Gasteiger partial charge on any atom is -0.351 e. The lowest BCUT2D eigenvalue weighted by atomic mass is 11.0. The van der Waals surface area contributed by atoms with Crippen LogP contribution in [0.1, 0.15) is 0 Å². The van der Waals surface area contributed by atoms with Crippen LogP contribution in [0, 0.1) is 4.91 Å². The van der Waals surface area contributed by atoms with Gasteiger partial charge in [0.15, 0.2) is 12.5 Å². The van der Waals surface area contributed by atoms with E-state index in [1.54, 1.807) is 18.7 Å². The zero-order valence-corrected chi connectivity index (χ0v) is 6.92. The Morgan fingerprint density at radius 3 is 2.23 bits per heavy atom.